The number of hydrogen-bond acceptors (Lipinski definition) is 9. The largest absolute Gasteiger partial charge is 0.461 e. The molecule has 0 aliphatic carbocycles. The number of ether oxygens (including phenoxy) is 2. The van der Waals surface area contributed by atoms with E-state index in [9.17, 15) is 9.18 Å². The lowest BCUT2D eigenvalue weighted by molar-refractivity contribution is -0.125. The number of hydrogen-bond donors (Lipinski definition) is 0. The Balaban J connectivity index is 0.000000438. The molecule has 0 saturated carbocycles. The Hall–Kier alpha value is -3.97. The fourth-order valence-corrected chi connectivity index (χ4v) is 8.37. The van der Waals surface area contributed by atoms with Gasteiger partial charge in [-0.15, -0.1) is 0 Å². The molecule has 0 bridgehead atoms. The highest BCUT2D eigenvalue weighted by Gasteiger charge is 2.45. The van der Waals surface area contributed by atoms with E-state index in [4.69, 9.17) is 26.1 Å². The number of carbonyl (C=O) groups is 1. The van der Waals surface area contributed by atoms with Crippen LogP contribution in [0.5, 0.6) is 6.01 Å². The second kappa shape index (κ2) is 17.7. The lowest BCUT2D eigenvalue weighted by Gasteiger charge is -2.31. The van der Waals surface area contributed by atoms with Crippen molar-refractivity contribution in [2.75, 3.05) is 78.1 Å². The van der Waals surface area contributed by atoms with Gasteiger partial charge in [0.2, 0.25) is 5.91 Å². The molecule has 4 saturated heterocycles. The van der Waals surface area contributed by atoms with Crippen molar-refractivity contribution >= 4 is 45.0 Å². The van der Waals surface area contributed by atoms with Gasteiger partial charge in [0.05, 0.1) is 22.6 Å². The summed E-state index contributed by atoms with van der Waals surface area (Å²) in [6.07, 6.45) is 9.28. The van der Waals surface area contributed by atoms with Crippen LogP contribution in [-0.2, 0) is 9.53 Å². The first-order valence-corrected chi connectivity index (χ1v) is 19.6. The molecule has 4 aromatic rings. The maximum Gasteiger partial charge on any atom is 0.319 e. The highest BCUT2D eigenvalue weighted by Crippen LogP contribution is 2.41. The van der Waals surface area contributed by atoms with Crippen molar-refractivity contribution in [1.82, 2.24) is 29.7 Å². The van der Waals surface area contributed by atoms with E-state index in [1.807, 2.05) is 25.8 Å². The maximum atomic E-state index is 16.6. The Labute approximate surface area is 322 Å². The molecule has 0 N–H and O–H groups in total. The van der Waals surface area contributed by atoms with E-state index < -0.39 is 11.6 Å². The molecule has 2 aromatic carbocycles. The average Bonchev–Trinajstić information content (AvgIpc) is 3.93. The van der Waals surface area contributed by atoms with Crippen LogP contribution in [0.3, 0.4) is 0 Å². The van der Waals surface area contributed by atoms with Gasteiger partial charge >= 0.3 is 6.01 Å². The fraction of sp³-hybridized carbons (Fsp3) is 0.512. The van der Waals surface area contributed by atoms with Crippen LogP contribution in [0.1, 0.15) is 52.4 Å². The number of amides is 1. The van der Waals surface area contributed by atoms with Crippen molar-refractivity contribution in [2.24, 2.45) is 0 Å². The summed E-state index contributed by atoms with van der Waals surface area (Å²) in [4.78, 5) is 34.8. The minimum absolute atomic E-state index is 0.00817. The van der Waals surface area contributed by atoms with Crippen LogP contribution < -0.4 is 9.64 Å². The lowest BCUT2D eigenvalue weighted by atomic mass is 9.95. The standard InChI is InChI=1S/C33H33ClF2N6O2.C6H13NO.C2H6/c1-3-25(43)41-16-11-21(18-41)40(2)31-23-17-37-29(22-8-4-7-20-9-10-24(35)27(34)26(20)22)28(36)30(23)38-32(39-31)44-19-33-12-5-14-42(33)15-6-13-33;1-8-6-5-7-3-2-4-7;1-2/h3-4,7-10,17,21H,1,5-6,11-16,18-19H2,2H3;2-6H2,1H3;1-2H3. The van der Waals surface area contributed by atoms with Gasteiger partial charge in [-0.1, -0.05) is 56.3 Å². The molecular formula is C41H52ClF2N7O3. The molecular weight excluding hydrogens is 712 g/mol. The molecule has 0 spiro atoms. The second-order valence-corrected chi connectivity index (χ2v) is 14.6. The summed E-state index contributed by atoms with van der Waals surface area (Å²) in [5, 5.41) is 1.36. The lowest BCUT2D eigenvalue weighted by Crippen LogP contribution is -2.43. The van der Waals surface area contributed by atoms with Gasteiger partial charge in [-0.2, -0.15) is 9.97 Å². The van der Waals surface area contributed by atoms with Crippen molar-refractivity contribution < 1.29 is 23.0 Å². The van der Waals surface area contributed by atoms with E-state index >= 15 is 4.39 Å². The molecule has 4 fully saturated rings. The summed E-state index contributed by atoms with van der Waals surface area (Å²) in [5.74, 6) is -0.928. The second-order valence-electron chi connectivity index (χ2n) is 14.2. The zero-order valence-electron chi connectivity index (χ0n) is 31.9. The molecule has 13 heteroatoms. The van der Waals surface area contributed by atoms with Gasteiger partial charge in [-0.05, 0) is 82.2 Å². The molecule has 4 aliphatic heterocycles. The minimum Gasteiger partial charge on any atom is -0.461 e. The molecule has 1 unspecified atom stereocenters. The van der Waals surface area contributed by atoms with E-state index in [0.717, 1.165) is 51.9 Å². The Bertz CT molecular complexity index is 1950. The van der Waals surface area contributed by atoms with E-state index in [-0.39, 0.29) is 39.7 Å². The molecule has 10 nitrogen and oxygen atoms in total. The summed E-state index contributed by atoms with van der Waals surface area (Å²) >= 11 is 6.39. The number of halogens is 3. The number of pyridine rings is 1. The van der Waals surface area contributed by atoms with Gasteiger partial charge in [-0.25, -0.2) is 8.78 Å². The topological polar surface area (TPSA) is 87.2 Å². The highest BCUT2D eigenvalue weighted by atomic mass is 35.5. The SMILES string of the molecule is C=CC(=O)N1CCC(N(C)c2nc(OCC34CCCN3CCC4)nc3c(F)c(-c4cccc5ccc(F)c(Cl)c45)ncc23)C1.CC.COCCN1CCC1. The molecule has 1 amide bonds. The van der Waals surface area contributed by atoms with E-state index in [1.54, 1.807) is 42.5 Å². The van der Waals surface area contributed by atoms with Gasteiger partial charge < -0.3 is 24.2 Å². The van der Waals surface area contributed by atoms with E-state index in [1.165, 1.54) is 31.7 Å². The molecule has 54 heavy (non-hydrogen) atoms. The number of likely N-dealkylation sites (N-methyl/N-ethyl adjacent to an activating group) is 1. The first-order chi connectivity index (χ1) is 26.2. The first kappa shape index (κ1) is 39.7. The molecule has 290 valence electrons. The smallest absolute Gasteiger partial charge is 0.319 e. The van der Waals surface area contributed by atoms with Crippen LogP contribution in [0.15, 0.2) is 49.2 Å². The molecule has 8 rings (SSSR count). The van der Waals surface area contributed by atoms with E-state index in [2.05, 4.69) is 26.3 Å². The van der Waals surface area contributed by atoms with Crippen LogP contribution in [0.25, 0.3) is 32.9 Å². The summed E-state index contributed by atoms with van der Waals surface area (Å²) in [7, 11) is 3.63. The Morgan fingerprint density at radius 2 is 1.83 bits per heavy atom. The third-order valence-corrected chi connectivity index (χ3v) is 11.6. The fourth-order valence-electron chi connectivity index (χ4n) is 8.10. The maximum absolute atomic E-state index is 16.6. The molecule has 0 radical (unpaired) electrons. The van der Waals surface area contributed by atoms with Crippen molar-refractivity contribution in [3.8, 4) is 17.3 Å². The van der Waals surface area contributed by atoms with Crippen molar-refractivity contribution in [1.29, 1.82) is 0 Å². The summed E-state index contributed by atoms with van der Waals surface area (Å²) in [6, 6.07) is 8.15. The number of aromatic nitrogens is 3. The Kier molecular flexibility index (Phi) is 13.0. The Morgan fingerprint density at radius 1 is 1.07 bits per heavy atom. The van der Waals surface area contributed by atoms with Crippen molar-refractivity contribution in [2.45, 2.75) is 64.0 Å². The molecule has 4 aliphatic rings. The van der Waals surface area contributed by atoms with Gasteiger partial charge in [0.25, 0.3) is 0 Å². The third-order valence-electron chi connectivity index (χ3n) is 11.2. The highest BCUT2D eigenvalue weighted by molar-refractivity contribution is 6.36. The predicted molar refractivity (Wildman–Crippen MR) is 211 cm³/mol. The summed E-state index contributed by atoms with van der Waals surface area (Å²) in [5.41, 5.74) is 0.375. The number of rotatable bonds is 10. The summed E-state index contributed by atoms with van der Waals surface area (Å²) in [6.45, 7) is 15.8. The molecule has 2 aromatic heterocycles. The number of fused-ring (bicyclic) bond motifs is 3. The van der Waals surface area contributed by atoms with Gasteiger partial charge in [0.15, 0.2) is 5.82 Å². The zero-order chi connectivity index (χ0) is 38.4. The van der Waals surface area contributed by atoms with Crippen LogP contribution in [-0.4, -0.2) is 120 Å². The monoisotopic (exact) mass is 763 g/mol. The van der Waals surface area contributed by atoms with Crippen molar-refractivity contribution in [3.63, 3.8) is 0 Å². The number of anilines is 1. The Morgan fingerprint density at radius 3 is 2.52 bits per heavy atom. The van der Waals surface area contributed by atoms with Gasteiger partial charge in [0.1, 0.15) is 29.5 Å². The van der Waals surface area contributed by atoms with Crippen LogP contribution in [0.4, 0.5) is 14.6 Å². The number of benzene rings is 2. The molecule has 6 heterocycles. The quantitative estimate of drug-likeness (QED) is 0.154. The first-order valence-electron chi connectivity index (χ1n) is 19.2. The average molecular weight is 764 g/mol. The number of carbonyl (C=O) groups excluding carboxylic acids is 1. The summed E-state index contributed by atoms with van der Waals surface area (Å²) < 4.78 is 42.4. The number of likely N-dealkylation sites (tertiary alicyclic amines) is 2. The van der Waals surface area contributed by atoms with Crippen LogP contribution in [0.2, 0.25) is 5.02 Å². The molecule has 1 atom stereocenters. The van der Waals surface area contributed by atoms with Crippen LogP contribution >= 0.6 is 11.6 Å². The van der Waals surface area contributed by atoms with E-state index in [0.29, 0.717) is 53.7 Å². The van der Waals surface area contributed by atoms with Crippen LogP contribution in [0, 0.1) is 11.6 Å². The van der Waals surface area contributed by atoms with Crippen molar-refractivity contribution in [3.05, 3.63) is 65.8 Å². The minimum atomic E-state index is -0.673. The number of nitrogens with zero attached hydrogens (tertiary/aromatic N) is 7. The number of methoxy groups -OCH3 is 1. The third kappa shape index (κ3) is 8.03. The van der Waals surface area contributed by atoms with Gasteiger partial charge in [-0.3, -0.25) is 14.7 Å². The normalized spacial score (nSPS) is 19.1. The van der Waals surface area contributed by atoms with Gasteiger partial charge in [0, 0.05) is 57.0 Å². The zero-order valence-corrected chi connectivity index (χ0v) is 32.7. The predicted octanol–water partition coefficient (Wildman–Crippen LogP) is 7.37.